The van der Waals surface area contributed by atoms with Gasteiger partial charge in [0.1, 0.15) is 0 Å². The second-order valence-electron chi connectivity index (χ2n) is 4.24. The second kappa shape index (κ2) is 7.59. The Morgan fingerprint density at radius 3 is 2.90 bits per heavy atom. The molecule has 0 aliphatic carbocycles. The van der Waals surface area contributed by atoms with Crippen molar-refractivity contribution in [3.8, 4) is 5.69 Å². The summed E-state index contributed by atoms with van der Waals surface area (Å²) in [6.07, 6.45) is 6.45. The number of urea groups is 1. The van der Waals surface area contributed by atoms with Crippen molar-refractivity contribution >= 4 is 23.5 Å². The van der Waals surface area contributed by atoms with Gasteiger partial charge in [-0.2, -0.15) is 16.9 Å². The van der Waals surface area contributed by atoms with Crippen LogP contribution in [0.25, 0.3) is 5.69 Å². The van der Waals surface area contributed by atoms with Crippen molar-refractivity contribution < 1.29 is 4.79 Å². The topological polar surface area (TPSA) is 59.0 Å². The number of carbonyl (C=O) groups excluding carboxylic acids is 1. The number of amides is 2. The summed E-state index contributed by atoms with van der Waals surface area (Å²) in [6, 6.07) is 9.57. The fourth-order valence-electron chi connectivity index (χ4n) is 1.70. The van der Waals surface area contributed by atoms with E-state index in [2.05, 4.69) is 22.0 Å². The Balaban J connectivity index is 1.85. The Bertz CT molecular complexity index is 541. The molecule has 0 spiro atoms. The smallest absolute Gasteiger partial charge is 0.319 e. The number of para-hydroxylation sites is 1. The van der Waals surface area contributed by atoms with Gasteiger partial charge in [-0.15, -0.1) is 0 Å². The minimum Gasteiger partial charge on any atom is -0.338 e. The molecule has 0 saturated carbocycles. The molecule has 2 rings (SSSR count). The highest BCUT2D eigenvalue weighted by Crippen LogP contribution is 2.10. The lowest BCUT2D eigenvalue weighted by molar-refractivity contribution is 0.252. The molecule has 2 aromatic rings. The van der Waals surface area contributed by atoms with Crippen LogP contribution >= 0.6 is 11.8 Å². The fourth-order valence-corrected chi connectivity index (χ4v) is 2.14. The molecule has 1 aromatic carbocycles. The van der Waals surface area contributed by atoms with Gasteiger partial charge in [0, 0.05) is 6.54 Å². The molecular formula is C14H18N4OS. The van der Waals surface area contributed by atoms with Crippen molar-refractivity contribution in [2.75, 3.05) is 23.9 Å². The van der Waals surface area contributed by atoms with Crippen molar-refractivity contribution in [2.24, 2.45) is 0 Å². The third-order valence-electron chi connectivity index (χ3n) is 2.67. The van der Waals surface area contributed by atoms with E-state index < -0.39 is 0 Å². The number of anilines is 1. The maximum atomic E-state index is 11.7. The maximum absolute atomic E-state index is 11.7. The van der Waals surface area contributed by atoms with Crippen LogP contribution in [0.1, 0.15) is 6.42 Å². The summed E-state index contributed by atoms with van der Waals surface area (Å²) in [7, 11) is 0. The van der Waals surface area contributed by atoms with Gasteiger partial charge in [0.2, 0.25) is 0 Å². The summed E-state index contributed by atoms with van der Waals surface area (Å²) in [4.78, 5) is 11.7. The summed E-state index contributed by atoms with van der Waals surface area (Å²) >= 11 is 1.77. The molecule has 2 N–H and O–H groups in total. The molecule has 1 aromatic heterocycles. The zero-order valence-electron chi connectivity index (χ0n) is 11.4. The average molecular weight is 290 g/mol. The molecule has 0 saturated heterocycles. The van der Waals surface area contributed by atoms with Crippen molar-refractivity contribution in [2.45, 2.75) is 6.42 Å². The largest absolute Gasteiger partial charge is 0.338 e. The molecule has 0 aliphatic heterocycles. The third kappa shape index (κ3) is 4.31. The third-order valence-corrected chi connectivity index (χ3v) is 3.37. The number of nitrogens with one attached hydrogen (secondary N) is 2. The molecule has 0 bridgehead atoms. The maximum Gasteiger partial charge on any atom is 0.319 e. The first-order valence-corrected chi connectivity index (χ1v) is 7.83. The molecule has 0 atom stereocenters. The SMILES string of the molecule is CSCCCNC(=O)Nc1cnn(-c2ccccc2)c1. The van der Waals surface area contributed by atoms with Crippen LogP contribution in [0.4, 0.5) is 10.5 Å². The number of benzene rings is 1. The number of carbonyl (C=O) groups is 1. The highest BCUT2D eigenvalue weighted by molar-refractivity contribution is 7.98. The van der Waals surface area contributed by atoms with E-state index in [4.69, 9.17) is 0 Å². The number of nitrogens with zero attached hydrogens (tertiary/aromatic N) is 2. The van der Waals surface area contributed by atoms with Crippen LogP contribution in [0, 0.1) is 0 Å². The predicted molar refractivity (Wildman–Crippen MR) is 83.6 cm³/mol. The van der Waals surface area contributed by atoms with E-state index in [0.29, 0.717) is 12.2 Å². The number of thioether (sulfide) groups is 1. The van der Waals surface area contributed by atoms with Crippen LogP contribution in [0.15, 0.2) is 42.7 Å². The van der Waals surface area contributed by atoms with Crippen LogP contribution in [-0.2, 0) is 0 Å². The molecule has 20 heavy (non-hydrogen) atoms. The predicted octanol–water partition coefficient (Wildman–Crippen LogP) is 2.75. The van der Waals surface area contributed by atoms with E-state index in [9.17, 15) is 4.79 Å². The minimum absolute atomic E-state index is 0.196. The summed E-state index contributed by atoms with van der Waals surface area (Å²) in [6.45, 7) is 0.680. The molecule has 1 heterocycles. The highest BCUT2D eigenvalue weighted by atomic mass is 32.2. The molecule has 0 radical (unpaired) electrons. The molecule has 106 valence electrons. The zero-order chi connectivity index (χ0) is 14.2. The van der Waals surface area contributed by atoms with E-state index in [1.165, 1.54) is 0 Å². The van der Waals surface area contributed by atoms with E-state index >= 15 is 0 Å². The summed E-state index contributed by atoms with van der Waals surface area (Å²) in [5.41, 5.74) is 1.64. The van der Waals surface area contributed by atoms with Crippen LogP contribution in [0.5, 0.6) is 0 Å². The van der Waals surface area contributed by atoms with Crippen molar-refractivity contribution in [1.29, 1.82) is 0 Å². The highest BCUT2D eigenvalue weighted by Gasteiger charge is 2.04. The van der Waals surface area contributed by atoms with Crippen LogP contribution in [0.2, 0.25) is 0 Å². The summed E-state index contributed by atoms with van der Waals surface area (Å²) in [5, 5.41) is 9.80. The van der Waals surface area contributed by atoms with E-state index in [-0.39, 0.29) is 6.03 Å². The Kier molecular flexibility index (Phi) is 5.49. The Morgan fingerprint density at radius 1 is 1.35 bits per heavy atom. The normalized spacial score (nSPS) is 10.2. The van der Waals surface area contributed by atoms with E-state index in [0.717, 1.165) is 17.9 Å². The number of rotatable bonds is 6. The Morgan fingerprint density at radius 2 is 2.15 bits per heavy atom. The van der Waals surface area contributed by atoms with Gasteiger partial charge in [-0.05, 0) is 30.6 Å². The average Bonchev–Trinajstić information content (AvgIpc) is 2.93. The minimum atomic E-state index is -0.196. The van der Waals surface area contributed by atoms with Gasteiger partial charge >= 0.3 is 6.03 Å². The van der Waals surface area contributed by atoms with Gasteiger partial charge in [0.05, 0.1) is 23.8 Å². The number of aromatic nitrogens is 2. The lowest BCUT2D eigenvalue weighted by Crippen LogP contribution is -2.29. The van der Waals surface area contributed by atoms with E-state index in [1.54, 1.807) is 28.8 Å². The van der Waals surface area contributed by atoms with Crippen LogP contribution in [-0.4, -0.2) is 34.4 Å². The second-order valence-corrected chi connectivity index (χ2v) is 5.22. The molecular weight excluding hydrogens is 272 g/mol. The van der Waals surface area contributed by atoms with Gasteiger partial charge in [0.25, 0.3) is 0 Å². The van der Waals surface area contributed by atoms with Gasteiger partial charge in [-0.25, -0.2) is 9.48 Å². The zero-order valence-corrected chi connectivity index (χ0v) is 12.2. The molecule has 0 fully saturated rings. The lowest BCUT2D eigenvalue weighted by atomic mass is 10.3. The van der Waals surface area contributed by atoms with E-state index in [1.807, 2.05) is 30.3 Å². The standard InChI is InChI=1S/C14H18N4OS/c1-20-9-5-8-15-14(19)17-12-10-16-18(11-12)13-6-3-2-4-7-13/h2-4,6-7,10-11H,5,8-9H2,1H3,(H2,15,17,19). The van der Waals surface area contributed by atoms with Crippen molar-refractivity contribution in [3.05, 3.63) is 42.7 Å². The Labute approximate surface area is 122 Å². The summed E-state index contributed by atoms with van der Waals surface area (Å²) in [5.74, 6) is 1.05. The first-order chi connectivity index (χ1) is 9.79. The number of hydrogen-bond donors (Lipinski definition) is 2. The molecule has 5 nitrogen and oxygen atoms in total. The molecule has 0 unspecified atom stereocenters. The molecule has 6 heteroatoms. The lowest BCUT2D eigenvalue weighted by Gasteiger charge is -2.05. The molecule has 2 amide bonds. The monoisotopic (exact) mass is 290 g/mol. The molecule has 0 aliphatic rings. The van der Waals surface area contributed by atoms with Gasteiger partial charge < -0.3 is 10.6 Å². The van der Waals surface area contributed by atoms with Gasteiger partial charge in [-0.1, -0.05) is 18.2 Å². The first kappa shape index (κ1) is 14.5. The van der Waals surface area contributed by atoms with Gasteiger partial charge in [0.15, 0.2) is 0 Å². The fraction of sp³-hybridized carbons (Fsp3) is 0.286. The number of hydrogen-bond acceptors (Lipinski definition) is 3. The van der Waals surface area contributed by atoms with Crippen molar-refractivity contribution in [3.63, 3.8) is 0 Å². The first-order valence-electron chi connectivity index (χ1n) is 6.43. The quantitative estimate of drug-likeness (QED) is 0.804. The van der Waals surface area contributed by atoms with Crippen LogP contribution < -0.4 is 10.6 Å². The van der Waals surface area contributed by atoms with Crippen molar-refractivity contribution in [1.82, 2.24) is 15.1 Å². The summed E-state index contributed by atoms with van der Waals surface area (Å²) < 4.78 is 1.73. The Hall–Kier alpha value is -1.95. The van der Waals surface area contributed by atoms with Crippen LogP contribution in [0.3, 0.4) is 0 Å². The van der Waals surface area contributed by atoms with Gasteiger partial charge in [-0.3, -0.25) is 0 Å².